The maximum absolute atomic E-state index is 5.02. The number of benzene rings is 1. The fourth-order valence-corrected chi connectivity index (χ4v) is 2.73. The van der Waals surface area contributed by atoms with Crippen molar-refractivity contribution < 1.29 is 4.74 Å². The molecule has 0 unspecified atom stereocenters. The van der Waals surface area contributed by atoms with E-state index in [4.69, 9.17) is 4.74 Å². The molecular formula is C17H24N6O. The molecule has 0 aliphatic carbocycles. The van der Waals surface area contributed by atoms with Gasteiger partial charge < -0.3 is 20.3 Å². The summed E-state index contributed by atoms with van der Waals surface area (Å²) in [6.45, 7) is 3.81. The van der Waals surface area contributed by atoms with E-state index in [9.17, 15) is 0 Å². The van der Waals surface area contributed by atoms with Crippen molar-refractivity contribution in [3.8, 4) is 0 Å². The second-order valence-corrected chi connectivity index (χ2v) is 5.80. The molecule has 0 bridgehead atoms. The SMILES string of the molecule is COCCCNc1cnnc(Nc2ccc(N3CCCC3)cc2)n1. The van der Waals surface area contributed by atoms with E-state index in [1.165, 1.54) is 18.5 Å². The molecule has 3 rings (SSSR count). The van der Waals surface area contributed by atoms with Gasteiger partial charge in [0, 0.05) is 44.7 Å². The molecule has 0 radical (unpaired) electrons. The van der Waals surface area contributed by atoms with Gasteiger partial charge in [0.2, 0.25) is 5.95 Å². The molecule has 0 atom stereocenters. The summed E-state index contributed by atoms with van der Waals surface area (Å²) in [6, 6.07) is 8.37. The van der Waals surface area contributed by atoms with Gasteiger partial charge in [0.05, 0.1) is 6.20 Å². The third kappa shape index (κ3) is 4.55. The lowest BCUT2D eigenvalue weighted by molar-refractivity contribution is 0.197. The predicted molar refractivity (Wildman–Crippen MR) is 96.0 cm³/mol. The Bertz CT molecular complexity index is 627. The highest BCUT2D eigenvalue weighted by Crippen LogP contribution is 2.23. The number of hydrogen-bond acceptors (Lipinski definition) is 7. The minimum atomic E-state index is 0.487. The first-order valence-corrected chi connectivity index (χ1v) is 8.40. The highest BCUT2D eigenvalue weighted by Gasteiger charge is 2.11. The highest BCUT2D eigenvalue weighted by molar-refractivity contribution is 5.59. The molecule has 7 nitrogen and oxygen atoms in total. The van der Waals surface area contributed by atoms with Gasteiger partial charge in [-0.15, -0.1) is 5.10 Å². The Labute approximate surface area is 142 Å². The molecule has 1 fully saturated rings. The van der Waals surface area contributed by atoms with Gasteiger partial charge >= 0.3 is 0 Å². The van der Waals surface area contributed by atoms with Crippen LogP contribution in [0, 0.1) is 0 Å². The van der Waals surface area contributed by atoms with Crippen molar-refractivity contribution in [3.05, 3.63) is 30.5 Å². The van der Waals surface area contributed by atoms with Crippen LogP contribution in [-0.2, 0) is 4.74 Å². The van der Waals surface area contributed by atoms with Crippen LogP contribution in [0.4, 0.5) is 23.1 Å². The Morgan fingerprint density at radius 3 is 2.71 bits per heavy atom. The maximum Gasteiger partial charge on any atom is 0.249 e. The van der Waals surface area contributed by atoms with Crippen molar-refractivity contribution in [2.45, 2.75) is 19.3 Å². The van der Waals surface area contributed by atoms with Gasteiger partial charge in [-0.1, -0.05) is 0 Å². The van der Waals surface area contributed by atoms with Gasteiger partial charge in [-0.3, -0.25) is 0 Å². The zero-order valence-electron chi connectivity index (χ0n) is 14.0. The topological polar surface area (TPSA) is 75.2 Å². The monoisotopic (exact) mass is 328 g/mol. The van der Waals surface area contributed by atoms with Crippen molar-refractivity contribution in [2.24, 2.45) is 0 Å². The fourth-order valence-electron chi connectivity index (χ4n) is 2.73. The molecular weight excluding hydrogens is 304 g/mol. The van der Waals surface area contributed by atoms with Gasteiger partial charge in [0.25, 0.3) is 0 Å². The number of hydrogen-bond donors (Lipinski definition) is 2. The fraction of sp³-hybridized carbons (Fsp3) is 0.471. The summed E-state index contributed by atoms with van der Waals surface area (Å²) in [5.74, 6) is 1.19. The Balaban J connectivity index is 1.57. The Morgan fingerprint density at radius 1 is 1.17 bits per heavy atom. The first kappa shape index (κ1) is 16.4. The molecule has 1 saturated heterocycles. The number of ether oxygens (including phenoxy) is 1. The van der Waals surface area contributed by atoms with E-state index in [0.717, 1.165) is 38.3 Å². The van der Waals surface area contributed by atoms with Gasteiger partial charge in [-0.05, 0) is 43.5 Å². The lowest BCUT2D eigenvalue weighted by Crippen LogP contribution is -2.17. The summed E-state index contributed by atoms with van der Waals surface area (Å²) in [4.78, 5) is 6.83. The molecule has 2 heterocycles. The normalized spacial score (nSPS) is 14.0. The summed E-state index contributed by atoms with van der Waals surface area (Å²) >= 11 is 0. The molecule has 7 heteroatoms. The number of rotatable bonds is 8. The van der Waals surface area contributed by atoms with Crippen LogP contribution in [0.15, 0.2) is 30.5 Å². The molecule has 128 valence electrons. The van der Waals surface area contributed by atoms with E-state index >= 15 is 0 Å². The van der Waals surface area contributed by atoms with Crippen molar-refractivity contribution in [1.82, 2.24) is 15.2 Å². The molecule has 24 heavy (non-hydrogen) atoms. The van der Waals surface area contributed by atoms with Crippen LogP contribution < -0.4 is 15.5 Å². The first-order valence-electron chi connectivity index (χ1n) is 8.40. The summed E-state index contributed by atoms with van der Waals surface area (Å²) in [7, 11) is 1.70. The molecule has 0 spiro atoms. The lowest BCUT2D eigenvalue weighted by Gasteiger charge is -2.17. The molecule has 1 aromatic carbocycles. The highest BCUT2D eigenvalue weighted by atomic mass is 16.5. The summed E-state index contributed by atoms with van der Waals surface area (Å²) in [5, 5.41) is 14.4. The average molecular weight is 328 g/mol. The summed E-state index contributed by atoms with van der Waals surface area (Å²) in [5.41, 5.74) is 2.22. The van der Waals surface area contributed by atoms with Gasteiger partial charge in [0.15, 0.2) is 5.82 Å². The summed E-state index contributed by atoms with van der Waals surface area (Å²) < 4.78 is 5.02. The average Bonchev–Trinajstić information content (AvgIpc) is 3.14. The Kier molecular flexibility index (Phi) is 5.79. The third-order valence-electron chi connectivity index (χ3n) is 3.98. The molecule has 0 saturated carbocycles. The molecule has 1 aliphatic rings. The standard InChI is InChI=1S/C17H24N6O/c1-24-12-4-9-18-16-13-19-22-17(21-16)20-14-5-7-15(8-6-14)23-10-2-3-11-23/h5-8,13H,2-4,9-12H2,1H3,(H2,18,20,21,22). The first-order chi connectivity index (χ1) is 11.8. The van der Waals surface area contributed by atoms with Crippen LogP contribution in [0.2, 0.25) is 0 Å². The maximum atomic E-state index is 5.02. The zero-order chi connectivity index (χ0) is 16.6. The minimum Gasteiger partial charge on any atom is -0.385 e. The van der Waals surface area contributed by atoms with E-state index in [-0.39, 0.29) is 0 Å². The molecule has 2 N–H and O–H groups in total. The lowest BCUT2D eigenvalue weighted by atomic mass is 10.2. The molecule has 1 aliphatic heterocycles. The van der Waals surface area contributed by atoms with E-state index in [1.807, 2.05) is 0 Å². The van der Waals surface area contributed by atoms with E-state index in [0.29, 0.717) is 11.8 Å². The second kappa shape index (κ2) is 8.44. The minimum absolute atomic E-state index is 0.487. The summed E-state index contributed by atoms with van der Waals surface area (Å²) in [6.07, 6.45) is 5.10. The van der Waals surface area contributed by atoms with Crippen molar-refractivity contribution in [1.29, 1.82) is 0 Å². The Morgan fingerprint density at radius 2 is 1.96 bits per heavy atom. The number of anilines is 4. The van der Waals surface area contributed by atoms with Gasteiger partial charge in [-0.2, -0.15) is 10.1 Å². The largest absolute Gasteiger partial charge is 0.385 e. The predicted octanol–water partition coefficient (Wildman–Crippen LogP) is 2.66. The van der Waals surface area contributed by atoms with Crippen LogP contribution in [0.3, 0.4) is 0 Å². The van der Waals surface area contributed by atoms with E-state index < -0.39 is 0 Å². The smallest absolute Gasteiger partial charge is 0.249 e. The van der Waals surface area contributed by atoms with E-state index in [2.05, 4.69) is 55.0 Å². The van der Waals surface area contributed by atoms with Gasteiger partial charge in [0.1, 0.15) is 0 Å². The number of nitrogens with one attached hydrogen (secondary N) is 2. The quantitative estimate of drug-likeness (QED) is 0.722. The van der Waals surface area contributed by atoms with Crippen LogP contribution >= 0.6 is 0 Å². The van der Waals surface area contributed by atoms with E-state index in [1.54, 1.807) is 13.3 Å². The van der Waals surface area contributed by atoms with Crippen LogP contribution in [-0.4, -0.2) is 48.5 Å². The molecule has 0 amide bonds. The van der Waals surface area contributed by atoms with Crippen LogP contribution in [0.25, 0.3) is 0 Å². The second-order valence-electron chi connectivity index (χ2n) is 5.80. The number of methoxy groups -OCH3 is 1. The van der Waals surface area contributed by atoms with Gasteiger partial charge in [-0.25, -0.2) is 0 Å². The van der Waals surface area contributed by atoms with Crippen molar-refractivity contribution >= 4 is 23.1 Å². The van der Waals surface area contributed by atoms with Crippen molar-refractivity contribution in [2.75, 3.05) is 48.9 Å². The zero-order valence-corrected chi connectivity index (χ0v) is 14.0. The molecule has 2 aromatic rings. The number of nitrogens with zero attached hydrogens (tertiary/aromatic N) is 4. The van der Waals surface area contributed by atoms with Crippen molar-refractivity contribution in [3.63, 3.8) is 0 Å². The third-order valence-corrected chi connectivity index (χ3v) is 3.98. The van der Waals surface area contributed by atoms with Crippen LogP contribution in [0.5, 0.6) is 0 Å². The number of aromatic nitrogens is 3. The molecule has 1 aromatic heterocycles. The van der Waals surface area contributed by atoms with Crippen LogP contribution in [0.1, 0.15) is 19.3 Å². The Hall–Kier alpha value is -2.41.